The van der Waals surface area contributed by atoms with Crippen molar-refractivity contribution >= 4 is 23.5 Å². The Balaban J connectivity index is 1.67. The van der Waals surface area contributed by atoms with Gasteiger partial charge < -0.3 is 15.4 Å². The van der Waals surface area contributed by atoms with Gasteiger partial charge in [0.1, 0.15) is 5.69 Å². The Bertz CT molecular complexity index is 991. The predicted octanol–water partition coefficient (Wildman–Crippen LogP) is 3.22. The molecule has 1 amide bonds. The molecule has 0 saturated heterocycles. The Kier molecular flexibility index (Phi) is 6.47. The van der Waals surface area contributed by atoms with Crippen molar-refractivity contribution in [2.24, 2.45) is 0 Å². The zero-order valence-electron chi connectivity index (χ0n) is 16.2. The summed E-state index contributed by atoms with van der Waals surface area (Å²) in [6.45, 7) is 4.37. The lowest BCUT2D eigenvalue weighted by Gasteiger charge is -2.09. The molecule has 148 valence electrons. The molecule has 0 unspecified atom stereocenters. The van der Waals surface area contributed by atoms with Crippen molar-refractivity contribution < 1.29 is 14.3 Å². The highest BCUT2D eigenvalue weighted by Crippen LogP contribution is 2.13. The highest BCUT2D eigenvalue weighted by Gasteiger charge is 2.12. The smallest absolute Gasteiger partial charge is 0.338 e. The van der Waals surface area contributed by atoms with Crippen LogP contribution in [0.1, 0.15) is 39.0 Å². The van der Waals surface area contributed by atoms with Gasteiger partial charge in [0, 0.05) is 30.3 Å². The SMILES string of the molecule is CCOC(=O)c1ccc(NC(=O)c2cc(C)nc(NCc3ccncc3)n2)cc1. The molecule has 29 heavy (non-hydrogen) atoms. The number of esters is 1. The molecule has 0 atom stereocenters. The number of ether oxygens (including phenoxy) is 1. The fourth-order valence-corrected chi connectivity index (χ4v) is 2.54. The monoisotopic (exact) mass is 391 g/mol. The number of benzene rings is 1. The first-order valence-corrected chi connectivity index (χ1v) is 9.12. The molecule has 2 N–H and O–H groups in total. The van der Waals surface area contributed by atoms with E-state index in [2.05, 4.69) is 25.6 Å². The third-order valence-corrected chi connectivity index (χ3v) is 3.94. The van der Waals surface area contributed by atoms with Crippen molar-refractivity contribution in [2.75, 3.05) is 17.2 Å². The summed E-state index contributed by atoms with van der Waals surface area (Å²) in [6.07, 6.45) is 3.42. The van der Waals surface area contributed by atoms with E-state index in [1.807, 2.05) is 12.1 Å². The number of aromatic nitrogens is 3. The van der Waals surface area contributed by atoms with Gasteiger partial charge in [-0.3, -0.25) is 9.78 Å². The highest BCUT2D eigenvalue weighted by atomic mass is 16.5. The summed E-state index contributed by atoms with van der Waals surface area (Å²) in [7, 11) is 0. The van der Waals surface area contributed by atoms with E-state index < -0.39 is 5.97 Å². The number of aryl methyl sites for hydroxylation is 1. The van der Waals surface area contributed by atoms with Crippen LogP contribution < -0.4 is 10.6 Å². The van der Waals surface area contributed by atoms with E-state index in [0.29, 0.717) is 36.0 Å². The second kappa shape index (κ2) is 9.41. The normalized spacial score (nSPS) is 10.3. The molecule has 0 radical (unpaired) electrons. The van der Waals surface area contributed by atoms with Crippen LogP contribution in [-0.2, 0) is 11.3 Å². The minimum absolute atomic E-state index is 0.240. The van der Waals surface area contributed by atoms with Crippen LogP contribution in [0, 0.1) is 6.92 Å². The number of hydrogen-bond acceptors (Lipinski definition) is 7. The van der Waals surface area contributed by atoms with Crippen LogP contribution in [0.3, 0.4) is 0 Å². The van der Waals surface area contributed by atoms with Crippen molar-refractivity contribution in [2.45, 2.75) is 20.4 Å². The molecular formula is C21H21N5O3. The Labute approximate surface area is 168 Å². The largest absolute Gasteiger partial charge is 0.462 e. The summed E-state index contributed by atoms with van der Waals surface area (Å²) < 4.78 is 4.95. The van der Waals surface area contributed by atoms with Crippen LogP contribution in [0.25, 0.3) is 0 Å². The quantitative estimate of drug-likeness (QED) is 0.596. The van der Waals surface area contributed by atoms with Crippen molar-refractivity contribution in [1.29, 1.82) is 0 Å². The van der Waals surface area contributed by atoms with Gasteiger partial charge in [0.05, 0.1) is 12.2 Å². The molecule has 2 aromatic heterocycles. The minimum Gasteiger partial charge on any atom is -0.462 e. The van der Waals surface area contributed by atoms with Gasteiger partial charge in [0.25, 0.3) is 5.91 Å². The fourth-order valence-electron chi connectivity index (χ4n) is 2.54. The van der Waals surface area contributed by atoms with E-state index >= 15 is 0 Å². The average Bonchev–Trinajstić information content (AvgIpc) is 2.73. The van der Waals surface area contributed by atoms with Crippen molar-refractivity contribution in [3.63, 3.8) is 0 Å². The van der Waals surface area contributed by atoms with Crippen molar-refractivity contribution in [3.8, 4) is 0 Å². The third-order valence-electron chi connectivity index (χ3n) is 3.94. The molecule has 8 heteroatoms. The van der Waals surface area contributed by atoms with E-state index in [1.165, 1.54) is 0 Å². The van der Waals surface area contributed by atoms with Crippen LogP contribution in [-0.4, -0.2) is 33.4 Å². The Morgan fingerprint density at radius 3 is 2.45 bits per heavy atom. The molecule has 0 saturated carbocycles. The van der Waals surface area contributed by atoms with Gasteiger partial charge in [-0.15, -0.1) is 0 Å². The molecular weight excluding hydrogens is 370 g/mol. The standard InChI is InChI=1S/C21H21N5O3/c1-3-29-20(28)16-4-6-17(7-5-16)25-19(27)18-12-14(2)24-21(26-18)23-13-15-8-10-22-11-9-15/h4-12H,3,13H2,1-2H3,(H,25,27)(H,23,24,26). The van der Waals surface area contributed by atoms with Gasteiger partial charge in [-0.05, 0) is 61.9 Å². The van der Waals surface area contributed by atoms with Gasteiger partial charge in [-0.1, -0.05) is 0 Å². The summed E-state index contributed by atoms with van der Waals surface area (Å²) in [6, 6.07) is 11.9. The average molecular weight is 391 g/mol. The molecule has 2 heterocycles. The minimum atomic E-state index is -0.401. The van der Waals surface area contributed by atoms with E-state index in [-0.39, 0.29) is 11.6 Å². The molecule has 0 aliphatic rings. The summed E-state index contributed by atoms with van der Waals surface area (Å²) >= 11 is 0. The number of carbonyl (C=O) groups is 2. The maximum absolute atomic E-state index is 12.6. The predicted molar refractivity (Wildman–Crippen MR) is 109 cm³/mol. The van der Waals surface area contributed by atoms with Gasteiger partial charge in [0.15, 0.2) is 0 Å². The van der Waals surface area contributed by atoms with Crippen molar-refractivity contribution in [3.05, 3.63) is 77.4 Å². The molecule has 8 nitrogen and oxygen atoms in total. The molecule has 0 spiro atoms. The summed E-state index contributed by atoms with van der Waals surface area (Å²) in [5.41, 5.74) is 2.90. The van der Waals surface area contributed by atoms with Crippen LogP contribution in [0.2, 0.25) is 0 Å². The Morgan fingerprint density at radius 1 is 1.03 bits per heavy atom. The lowest BCUT2D eigenvalue weighted by atomic mass is 10.2. The summed E-state index contributed by atoms with van der Waals surface area (Å²) in [5.74, 6) is -0.405. The van der Waals surface area contributed by atoms with Gasteiger partial charge >= 0.3 is 5.97 Å². The third kappa shape index (κ3) is 5.58. The molecule has 0 bridgehead atoms. The van der Waals surface area contributed by atoms with Gasteiger partial charge in [-0.25, -0.2) is 14.8 Å². The molecule has 3 rings (SSSR count). The maximum Gasteiger partial charge on any atom is 0.338 e. The lowest BCUT2D eigenvalue weighted by Crippen LogP contribution is -2.16. The van der Waals surface area contributed by atoms with Crippen LogP contribution in [0.4, 0.5) is 11.6 Å². The maximum atomic E-state index is 12.6. The number of nitrogens with one attached hydrogen (secondary N) is 2. The number of pyridine rings is 1. The highest BCUT2D eigenvalue weighted by molar-refractivity contribution is 6.03. The summed E-state index contributed by atoms with van der Waals surface area (Å²) in [4.78, 5) is 36.9. The van der Waals surface area contributed by atoms with Crippen LogP contribution >= 0.6 is 0 Å². The molecule has 0 aliphatic carbocycles. The number of anilines is 2. The lowest BCUT2D eigenvalue weighted by molar-refractivity contribution is 0.0526. The number of hydrogen-bond donors (Lipinski definition) is 2. The Morgan fingerprint density at radius 2 is 1.76 bits per heavy atom. The first-order valence-electron chi connectivity index (χ1n) is 9.12. The van der Waals surface area contributed by atoms with Gasteiger partial charge in [0.2, 0.25) is 5.95 Å². The first kappa shape index (κ1) is 19.9. The van der Waals surface area contributed by atoms with Crippen molar-refractivity contribution in [1.82, 2.24) is 15.0 Å². The topological polar surface area (TPSA) is 106 Å². The fraction of sp³-hybridized carbons (Fsp3) is 0.190. The number of nitrogens with zero attached hydrogens (tertiary/aromatic N) is 3. The zero-order valence-corrected chi connectivity index (χ0v) is 16.2. The number of rotatable bonds is 7. The Hall–Kier alpha value is -3.81. The van der Waals surface area contributed by atoms with Crippen LogP contribution in [0.5, 0.6) is 0 Å². The van der Waals surface area contributed by atoms with E-state index in [0.717, 1.165) is 5.56 Å². The van der Waals surface area contributed by atoms with Gasteiger partial charge in [-0.2, -0.15) is 0 Å². The number of carbonyl (C=O) groups excluding carboxylic acids is 2. The van der Waals surface area contributed by atoms with E-state index in [4.69, 9.17) is 4.74 Å². The van der Waals surface area contributed by atoms with Crippen LogP contribution in [0.15, 0.2) is 54.9 Å². The zero-order chi connectivity index (χ0) is 20.6. The first-order chi connectivity index (χ1) is 14.0. The molecule has 3 aromatic rings. The second-order valence-corrected chi connectivity index (χ2v) is 6.18. The van der Waals surface area contributed by atoms with E-state index in [9.17, 15) is 9.59 Å². The summed E-state index contributed by atoms with van der Waals surface area (Å²) in [5, 5.41) is 5.88. The molecule has 0 aliphatic heterocycles. The van der Waals surface area contributed by atoms with E-state index in [1.54, 1.807) is 56.6 Å². The molecule has 1 aromatic carbocycles. The molecule has 0 fully saturated rings. The number of amides is 1. The second-order valence-electron chi connectivity index (χ2n) is 6.18.